The molecule has 0 bridgehead atoms. The van der Waals surface area contributed by atoms with Crippen LogP contribution >= 0.6 is 0 Å². The van der Waals surface area contributed by atoms with E-state index in [-0.39, 0.29) is 0 Å². The molecule has 0 unspecified atom stereocenters. The van der Waals surface area contributed by atoms with Gasteiger partial charge in [-0.2, -0.15) is 0 Å². The van der Waals surface area contributed by atoms with Gasteiger partial charge in [-0.3, -0.25) is 0 Å². The Morgan fingerprint density at radius 3 is 0.342 bits per heavy atom. The molecule has 0 atom stereocenters. The zero-order valence-electron chi connectivity index (χ0n) is 35.6. The monoisotopic (exact) mass is 1170 g/mol. The molecule has 3 nitrogen and oxygen atoms in total. The molecule has 1 heterocycles. The average Bonchev–Trinajstić information content (AvgIpc) is 3.58. The second-order valence-corrected chi connectivity index (χ2v) is 15.2. The molecular formula is C45F31N3. The van der Waals surface area contributed by atoms with Gasteiger partial charge in [0.25, 0.3) is 0 Å². The third-order valence-corrected chi connectivity index (χ3v) is 11.0. The lowest BCUT2D eigenvalue weighted by Gasteiger charge is -2.20. The Morgan fingerprint density at radius 2 is 0.190 bits per heavy atom. The quantitative estimate of drug-likeness (QED) is 0.0907. The van der Waals surface area contributed by atoms with Crippen molar-refractivity contribution >= 4 is 0 Å². The Labute approximate surface area is 410 Å². The van der Waals surface area contributed by atoms with E-state index in [2.05, 4.69) is 15.0 Å². The molecule has 0 aliphatic heterocycles. The maximum atomic E-state index is 17.1. The SMILES string of the molecule is Fc1c(F)c(F)c(-c2nc(-c3c(F)c(-c4c(F)c(F)c(F)c(F)c4F)c(F)c(-c4c(F)c(F)c(F)c(F)c4F)c3F)nc(-c3c(F)c(-c4c(F)c(F)c(F)c(F)c4F)c(F)c(-c4c(F)c(F)c(F)c(F)c4F)c3F)n2)c(F)c1F. The Kier molecular flexibility index (Phi) is 13.9. The largest absolute Gasteiger partial charge is 0.208 e. The third-order valence-electron chi connectivity index (χ3n) is 11.0. The van der Waals surface area contributed by atoms with E-state index >= 15 is 70.2 Å². The van der Waals surface area contributed by atoms with Crippen molar-refractivity contribution in [1.82, 2.24) is 15.0 Å². The molecule has 0 saturated carbocycles. The van der Waals surface area contributed by atoms with Gasteiger partial charge in [-0.15, -0.1) is 0 Å². The van der Waals surface area contributed by atoms with Gasteiger partial charge in [-0.05, 0) is 0 Å². The predicted octanol–water partition coefficient (Wildman–Crippen LogP) is 15.9. The van der Waals surface area contributed by atoms with Crippen LogP contribution in [0.3, 0.4) is 0 Å². The van der Waals surface area contributed by atoms with Crippen LogP contribution in [0.2, 0.25) is 0 Å². The van der Waals surface area contributed by atoms with Crippen molar-refractivity contribution in [1.29, 1.82) is 0 Å². The minimum Gasteiger partial charge on any atom is -0.208 e. The maximum Gasteiger partial charge on any atom is 0.200 e. The first-order chi connectivity index (χ1) is 36.7. The van der Waals surface area contributed by atoms with Gasteiger partial charge in [0.15, 0.2) is 134 Å². The van der Waals surface area contributed by atoms with E-state index in [1.165, 1.54) is 0 Å². The van der Waals surface area contributed by atoms with E-state index in [0.29, 0.717) is 0 Å². The van der Waals surface area contributed by atoms with Gasteiger partial charge in [0.1, 0.15) is 34.9 Å². The Morgan fingerprint density at radius 1 is 0.101 bits per heavy atom. The lowest BCUT2D eigenvalue weighted by Crippen LogP contribution is -2.14. The molecule has 0 radical (unpaired) electrons. The highest BCUT2D eigenvalue weighted by Crippen LogP contribution is 2.49. The summed E-state index contributed by atoms with van der Waals surface area (Å²) in [5.41, 5.74) is -34.9. The molecule has 412 valence electrons. The number of hydrogen-bond donors (Lipinski definition) is 0. The van der Waals surface area contributed by atoms with E-state index in [1.807, 2.05) is 0 Å². The van der Waals surface area contributed by atoms with Crippen LogP contribution in [0, 0.1) is 180 Å². The molecule has 0 aliphatic carbocycles. The summed E-state index contributed by atoms with van der Waals surface area (Å²) in [5.74, 6) is -114. The first kappa shape index (κ1) is 56.6. The fourth-order valence-electron chi connectivity index (χ4n) is 7.41. The third kappa shape index (κ3) is 7.92. The minimum atomic E-state index is -3.57. The molecule has 0 amide bonds. The molecule has 0 N–H and O–H groups in total. The van der Waals surface area contributed by atoms with Gasteiger partial charge in [0.2, 0.25) is 29.1 Å². The van der Waals surface area contributed by atoms with Crippen molar-refractivity contribution in [3.8, 4) is 78.7 Å². The summed E-state index contributed by atoms with van der Waals surface area (Å²) in [7, 11) is 0. The fourth-order valence-corrected chi connectivity index (χ4v) is 7.41. The van der Waals surface area contributed by atoms with Gasteiger partial charge in [0, 0.05) is 0 Å². The van der Waals surface area contributed by atoms with E-state index < -0.39 is 259 Å². The predicted molar refractivity (Wildman–Crippen MR) is 197 cm³/mol. The first-order valence-corrected chi connectivity index (χ1v) is 19.5. The van der Waals surface area contributed by atoms with Crippen molar-refractivity contribution in [3.05, 3.63) is 180 Å². The zero-order chi connectivity index (χ0) is 59.1. The lowest BCUT2D eigenvalue weighted by atomic mass is 9.91. The van der Waals surface area contributed by atoms with E-state index in [1.54, 1.807) is 0 Å². The maximum absolute atomic E-state index is 17.1. The number of halogens is 31. The normalized spacial score (nSPS) is 11.7. The molecule has 8 aromatic rings. The zero-order valence-corrected chi connectivity index (χ0v) is 35.6. The highest BCUT2D eigenvalue weighted by atomic mass is 19.2. The number of rotatable bonds is 7. The summed E-state index contributed by atoms with van der Waals surface area (Å²) in [6, 6.07) is 0. The van der Waals surface area contributed by atoms with Crippen LogP contribution in [0.15, 0.2) is 0 Å². The van der Waals surface area contributed by atoms with Crippen LogP contribution in [-0.4, -0.2) is 15.0 Å². The summed E-state index contributed by atoms with van der Waals surface area (Å²) >= 11 is 0. The number of hydrogen-bond acceptors (Lipinski definition) is 3. The molecule has 0 fully saturated rings. The van der Waals surface area contributed by atoms with Crippen LogP contribution in [0.25, 0.3) is 78.7 Å². The second-order valence-electron chi connectivity index (χ2n) is 15.2. The highest BCUT2D eigenvalue weighted by Gasteiger charge is 2.43. The van der Waals surface area contributed by atoms with Crippen molar-refractivity contribution in [2.75, 3.05) is 0 Å². The van der Waals surface area contributed by atoms with Crippen molar-refractivity contribution in [2.45, 2.75) is 0 Å². The van der Waals surface area contributed by atoms with Crippen LogP contribution in [0.1, 0.15) is 0 Å². The molecule has 0 saturated heterocycles. The standard InChI is InChI=1S/C45F31N3/c46-12-1(5-18(52)28(62)38(72)29(63)19(5)53)14(48)9(15(49)2(12)6-20(54)30(64)39(73)31(65)21(6)55)43-77-44(79-45(78-43)11-26(60)36(70)42(76)37(71)27(11)61)10-16(50)3(7-22(56)32(66)40(74)33(67)23(7)57)13(47)4(17(10)51)8-24(58)34(68)41(75)35(69)25(8)59. The number of nitrogens with zero attached hydrogens (tertiary/aromatic N) is 3. The van der Waals surface area contributed by atoms with Gasteiger partial charge >= 0.3 is 0 Å². The van der Waals surface area contributed by atoms with Gasteiger partial charge < -0.3 is 0 Å². The van der Waals surface area contributed by atoms with Crippen LogP contribution < -0.4 is 0 Å². The molecular weight excluding hydrogens is 1170 g/mol. The highest BCUT2D eigenvalue weighted by molar-refractivity contribution is 5.86. The summed E-state index contributed by atoms with van der Waals surface area (Å²) in [4.78, 5) is 8.14. The molecule has 0 spiro atoms. The topological polar surface area (TPSA) is 38.7 Å². The fraction of sp³-hybridized carbons (Fsp3) is 0. The molecule has 8 rings (SSSR count). The Bertz CT molecular complexity index is 3540. The van der Waals surface area contributed by atoms with Crippen molar-refractivity contribution < 1.29 is 136 Å². The summed E-state index contributed by atoms with van der Waals surface area (Å²) in [5, 5.41) is 0. The number of aromatic nitrogens is 3. The van der Waals surface area contributed by atoms with Gasteiger partial charge in [-0.25, -0.2) is 151 Å². The van der Waals surface area contributed by atoms with E-state index in [9.17, 15) is 65.9 Å². The molecule has 79 heavy (non-hydrogen) atoms. The molecule has 34 heteroatoms. The molecule has 0 aliphatic rings. The molecule has 1 aromatic heterocycles. The van der Waals surface area contributed by atoms with E-state index in [4.69, 9.17) is 0 Å². The van der Waals surface area contributed by atoms with Crippen LogP contribution in [0.4, 0.5) is 136 Å². The summed E-state index contributed by atoms with van der Waals surface area (Å²) in [6.07, 6.45) is 0. The second kappa shape index (κ2) is 19.4. The van der Waals surface area contributed by atoms with E-state index in [0.717, 1.165) is 0 Å². The Hall–Kier alpha value is -8.62. The summed E-state index contributed by atoms with van der Waals surface area (Å²) in [6.45, 7) is 0. The first-order valence-electron chi connectivity index (χ1n) is 19.5. The number of benzene rings is 7. The van der Waals surface area contributed by atoms with Crippen molar-refractivity contribution in [2.24, 2.45) is 0 Å². The van der Waals surface area contributed by atoms with Crippen LogP contribution in [0.5, 0.6) is 0 Å². The average molecular weight is 1170 g/mol. The van der Waals surface area contributed by atoms with Crippen LogP contribution in [-0.2, 0) is 0 Å². The smallest absolute Gasteiger partial charge is 0.200 e. The van der Waals surface area contributed by atoms with Crippen molar-refractivity contribution in [3.63, 3.8) is 0 Å². The Balaban J connectivity index is 1.69. The minimum absolute atomic E-state index is 2.71. The van der Waals surface area contributed by atoms with Gasteiger partial charge in [-0.1, -0.05) is 0 Å². The van der Waals surface area contributed by atoms with Gasteiger partial charge in [0.05, 0.1) is 61.2 Å². The summed E-state index contributed by atoms with van der Waals surface area (Å²) < 4.78 is 473. The lowest BCUT2D eigenvalue weighted by molar-refractivity contribution is 0.379. The molecule has 7 aromatic carbocycles.